The van der Waals surface area contributed by atoms with Crippen LogP contribution < -0.4 is 52.1 Å². The Hall–Kier alpha value is -8.99. The van der Waals surface area contributed by atoms with Gasteiger partial charge in [0.15, 0.2) is 0 Å². The third-order valence-corrected chi connectivity index (χ3v) is 16.1. The fourth-order valence-corrected chi connectivity index (χ4v) is 13.2. The van der Waals surface area contributed by atoms with Gasteiger partial charge in [0, 0.05) is 34.9 Å². The van der Waals surface area contributed by atoms with E-state index in [0.29, 0.717) is 0 Å². The molecule has 0 fully saturated rings. The molecule has 0 saturated carbocycles. The van der Waals surface area contributed by atoms with Crippen molar-refractivity contribution in [1.82, 2.24) is 0 Å². The number of hydrogen-bond donors (Lipinski definition) is 0. The molecule has 0 aromatic heterocycles. The van der Waals surface area contributed by atoms with Crippen molar-refractivity contribution in [2.75, 3.05) is 9.80 Å². The lowest BCUT2D eigenvalue weighted by atomic mass is 9.32. The number of para-hydroxylation sites is 6. The SMILES string of the molecule is Cc1cc2c3c(cc4c(C)cc5c6c(cc1c3c46)B1c3ccccc3Oc3cc(N(c4ccccc4)c4ccccc4)cc-5c31)B1c3ccccc3Oc3cc(N(c4ccccc4)c4ccccc4)cc-2c31. The Morgan fingerprint density at radius 2 is 0.639 bits per heavy atom. The molecule has 334 valence electrons. The van der Waals surface area contributed by atoms with E-state index in [1.54, 1.807) is 0 Å². The number of anilines is 6. The summed E-state index contributed by atoms with van der Waals surface area (Å²) < 4.78 is 14.2. The van der Waals surface area contributed by atoms with Crippen LogP contribution in [-0.2, 0) is 0 Å². The van der Waals surface area contributed by atoms with E-state index in [9.17, 15) is 0 Å². The molecule has 0 saturated heterocycles. The largest absolute Gasteiger partial charge is 0.458 e. The highest BCUT2D eigenvalue weighted by molar-refractivity contribution is 7.01. The molecule has 4 nitrogen and oxygen atoms in total. The first-order valence-electron chi connectivity index (χ1n) is 25.1. The maximum absolute atomic E-state index is 7.08. The maximum Gasteiger partial charge on any atom is 0.252 e. The van der Waals surface area contributed by atoms with Gasteiger partial charge in [-0.2, -0.15) is 0 Å². The van der Waals surface area contributed by atoms with Gasteiger partial charge < -0.3 is 19.3 Å². The van der Waals surface area contributed by atoms with Crippen LogP contribution in [0, 0.1) is 13.8 Å². The van der Waals surface area contributed by atoms with Crippen LogP contribution in [0.2, 0.25) is 0 Å². The Kier molecular flexibility index (Phi) is 8.17. The van der Waals surface area contributed by atoms with Crippen LogP contribution in [-0.4, -0.2) is 13.4 Å². The number of fused-ring (bicyclic) bond motifs is 8. The Morgan fingerprint density at radius 3 is 1.01 bits per heavy atom. The number of hydrogen-bond acceptors (Lipinski definition) is 4. The fraction of sp³-hybridized carbons (Fsp3) is 0.0303. The molecule has 0 atom stereocenters. The fourth-order valence-electron chi connectivity index (χ4n) is 13.2. The van der Waals surface area contributed by atoms with Gasteiger partial charge in [-0.25, -0.2) is 0 Å². The van der Waals surface area contributed by atoms with Gasteiger partial charge in [-0.1, -0.05) is 144 Å². The van der Waals surface area contributed by atoms with Crippen LogP contribution in [0.5, 0.6) is 23.0 Å². The van der Waals surface area contributed by atoms with Crippen molar-refractivity contribution in [3.8, 4) is 45.3 Å². The first kappa shape index (κ1) is 39.8. The summed E-state index contributed by atoms with van der Waals surface area (Å²) in [4.78, 5) is 4.73. The summed E-state index contributed by atoms with van der Waals surface area (Å²) in [6.07, 6.45) is 0. The Bertz CT molecular complexity index is 3900. The number of rotatable bonds is 6. The summed E-state index contributed by atoms with van der Waals surface area (Å²) in [6, 6.07) is 79.7. The van der Waals surface area contributed by atoms with Crippen LogP contribution in [0.4, 0.5) is 34.1 Å². The van der Waals surface area contributed by atoms with E-state index in [2.05, 4.69) is 242 Å². The normalized spacial score (nSPS) is 13.0. The summed E-state index contributed by atoms with van der Waals surface area (Å²) in [5.74, 6) is 3.63. The van der Waals surface area contributed by atoms with E-state index in [1.807, 2.05) is 0 Å². The molecule has 4 aliphatic rings. The van der Waals surface area contributed by atoms with Gasteiger partial charge in [-0.05, 0) is 174 Å². The standard InChI is InChI=1S/C66H42B2N2O2/c1-39-31-49-51-33-45(69(41-19-7-3-8-20-41)42-21-9-4-10-22-42)35-59-65(51)68(54-28-16-18-30-58(54)71-59)56-38-48-40(2)32-50-52-34-46(70(43-23-11-5-12-24-43)44-25-13-6-14-26-44)36-60-66(52)67(53-27-15-17-29-57(53)72-60)55-37-47(39)63(61(49)56)64(48)62(50)55/h3-38H,1-2H3. The minimum atomic E-state index is -0.0284. The van der Waals surface area contributed by atoms with E-state index in [4.69, 9.17) is 9.47 Å². The van der Waals surface area contributed by atoms with E-state index < -0.39 is 0 Å². The monoisotopic (exact) mass is 916 g/mol. The lowest BCUT2D eigenvalue weighted by Gasteiger charge is -2.38. The van der Waals surface area contributed by atoms with Gasteiger partial charge in [0.1, 0.15) is 23.0 Å². The predicted molar refractivity (Wildman–Crippen MR) is 302 cm³/mol. The zero-order chi connectivity index (χ0) is 47.3. The van der Waals surface area contributed by atoms with Gasteiger partial charge in [0.05, 0.1) is 11.4 Å². The highest BCUT2D eigenvalue weighted by atomic mass is 16.5. The molecule has 12 aromatic rings. The van der Waals surface area contributed by atoms with Crippen molar-refractivity contribution >= 4 is 113 Å². The topological polar surface area (TPSA) is 24.9 Å². The Labute approximate surface area is 418 Å². The molecule has 0 amide bonds. The minimum Gasteiger partial charge on any atom is -0.458 e. The average Bonchev–Trinajstić information content (AvgIpc) is 3.42. The summed E-state index contributed by atoms with van der Waals surface area (Å²) in [6.45, 7) is 4.59. The molecule has 0 bridgehead atoms. The van der Waals surface area contributed by atoms with Crippen molar-refractivity contribution in [2.24, 2.45) is 0 Å². The van der Waals surface area contributed by atoms with Gasteiger partial charge >= 0.3 is 0 Å². The zero-order valence-electron chi connectivity index (χ0n) is 39.7. The smallest absolute Gasteiger partial charge is 0.252 e. The minimum absolute atomic E-state index is 0.0284. The van der Waals surface area contributed by atoms with Crippen molar-refractivity contribution in [1.29, 1.82) is 0 Å². The van der Waals surface area contributed by atoms with Gasteiger partial charge in [-0.15, -0.1) is 0 Å². The second kappa shape index (κ2) is 14.8. The molecule has 72 heavy (non-hydrogen) atoms. The summed E-state index contributed by atoms with van der Waals surface area (Å²) in [5, 5.41) is 7.98. The Balaban J connectivity index is 1.02. The summed E-state index contributed by atoms with van der Waals surface area (Å²) in [5.41, 5.74) is 21.5. The quantitative estimate of drug-likeness (QED) is 0.123. The first-order chi connectivity index (χ1) is 35.6. The van der Waals surface area contributed by atoms with Crippen molar-refractivity contribution < 1.29 is 9.47 Å². The molecule has 0 aliphatic carbocycles. The number of benzene rings is 12. The van der Waals surface area contributed by atoms with Crippen LogP contribution in [0.3, 0.4) is 0 Å². The Morgan fingerprint density at radius 1 is 0.292 bits per heavy atom. The summed E-state index contributed by atoms with van der Waals surface area (Å²) in [7, 11) is 0. The van der Waals surface area contributed by atoms with Gasteiger partial charge in [0.2, 0.25) is 0 Å². The van der Waals surface area contributed by atoms with Crippen LogP contribution in [0.25, 0.3) is 54.6 Å². The first-order valence-corrected chi connectivity index (χ1v) is 25.1. The molecular formula is C66H42B2N2O2. The van der Waals surface area contributed by atoms with Crippen LogP contribution in [0.15, 0.2) is 218 Å². The molecule has 4 heterocycles. The predicted octanol–water partition coefficient (Wildman–Crippen LogP) is 13.3. The van der Waals surface area contributed by atoms with Gasteiger partial charge in [0.25, 0.3) is 13.4 Å². The second-order valence-corrected chi connectivity index (χ2v) is 20.0. The molecule has 12 aromatic carbocycles. The van der Waals surface area contributed by atoms with Crippen LogP contribution in [0.1, 0.15) is 11.1 Å². The molecule has 4 aliphatic heterocycles. The molecule has 0 spiro atoms. The molecule has 0 N–H and O–H groups in total. The van der Waals surface area contributed by atoms with Gasteiger partial charge in [-0.3, -0.25) is 0 Å². The second-order valence-electron chi connectivity index (χ2n) is 20.0. The van der Waals surface area contributed by atoms with E-state index in [-0.39, 0.29) is 13.4 Å². The third-order valence-electron chi connectivity index (χ3n) is 16.1. The number of nitrogens with zero attached hydrogens (tertiary/aromatic N) is 2. The molecular weight excluding hydrogens is 874 g/mol. The number of aryl methyl sites for hydroxylation is 2. The van der Waals surface area contributed by atoms with Crippen molar-refractivity contribution in [3.63, 3.8) is 0 Å². The van der Waals surface area contributed by atoms with Crippen molar-refractivity contribution in [2.45, 2.75) is 13.8 Å². The third kappa shape index (κ3) is 5.44. The van der Waals surface area contributed by atoms with Crippen LogP contribution >= 0.6 is 0 Å². The lowest BCUT2D eigenvalue weighted by molar-refractivity contribution is 0.487. The van der Waals surface area contributed by atoms with Crippen molar-refractivity contribution in [3.05, 3.63) is 230 Å². The maximum atomic E-state index is 7.08. The highest BCUT2D eigenvalue weighted by Crippen LogP contribution is 2.51. The van der Waals surface area contributed by atoms with E-state index in [0.717, 1.165) is 57.1 Å². The molecule has 6 heteroatoms. The molecule has 16 rings (SSSR count). The zero-order valence-corrected chi connectivity index (χ0v) is 39.7. The van der Waals surface area contributed by atoms with E-state index >= 15 is 0 Å². The highest BCUT2D eigenvalue weighted by Gasteiger charge is 2.44. The molecule has 0 unspecified atom stereocenters. The van der Waals surface area contributed by atoms with E-state index in [1.165, 1.54) is 98.5 Å². The summed E-state index contributed by atoms with van der Waals surface area (Å²) >= 11 is 0. The molecule has 0 radical (unpaired) electrons. The lowest BCUT2D eigenvalue weighted by Crippen LogP contribution is -2.58. The average molecular weight is 917 g/mol. The number of ether oxygens (including phenoxy) is 2.